The van der Waals surface area contributed by atoms with Crippen LogP contribution in [0.4, 0.5) is 9.59 Å². The second-order valence-electron chi connectivity index (χ2n) is 3.53. The van der Waals surface area contributed by atoms with Crippen LogP contribution in [-0.2, 0) is 0 Å². The first-order chi connectivity index (χ1) is 8.52. The Kier molecular flexibility index (Phi) is 4.69. The maximum Gasteiger partial charge on any atom is 0.426 e. The van der Waals surface area contributed by atoms with Crippen LogP contribution in [0.1, 0.15) is 0 Å². The standard InChI is InChI=1S/C10H16N4O4/c1-3-12(9(15)16)8-7-11-5-6-14(8)13(4-2)10(17)18/h3-4,8,11H,1-2,5-7H2,(H,15,16)(H,17,18). The lowest BCUT2D eigenvalue weighted by molar-refractivity contribution is -0.0619. The van der Waals surface area contributed by atoms with Gasteiger partial charge in [0, 0.05) is 32.0 Å². The van der Waals surface area contributed by atoms with E-state index in [-0.39, 0.29) is 0 Å². The van der Waals surface area contributed by atoms with Gasteiger partial charge in [0.15, 0.2) is 0 Å². The Balaban J connectivity index is 2.97. The van der Waals surface area contributed by atoms with Crippen molar-refractivity contribution in [3.8, 4) is 0 Å². The van der Waals surface area contributed by atoms with Crippen LogP contribution in [0.3, 0.4) is 0 Å². The number of hydrazine groups is 1. The van der Waals surface area contributed by atoms with Crippen LogP contribution in [0.5, 0.6) is 0 Å². The van der Waals surface area contributed by atoms with Crippen molar-refractivity contribution in [2.24, 2.45) is 0 Å². The Morgan fingerprint density at radius 2 is 1.94 bits per heavy atom. The predicted molar refractivity (Wildman–Crippen MR) is 63.5 cm³/mol. The number of hydrogen-bond acceptors (Lipinski definition) is 4. The minimum Gasteiger partial charge on any atom is -0.465 e. The van der Waals surface area contributed by atoms with E-state index in [1.807, 2.05) is 0 Å². The highest BCUT2D eigenvalue weighted by Crippen LogP contribution is 2.13. The molecule has 18 heavy (non-hydrogen) atoms. The number of amides is 2. The third-order valence-corrected chi connectivity index (χ3v) is 2.57. The van der Waals surface area contributed by atoms with E-state index in [0.29, 0.717) is 19.6 Å². The molecule has 0 aromatic heterocycles. The average Bonchev–Trinajstić information content (AvgIpc) is 2.32. The van der Waals surface area contributed by atoms with Crippen molar-refractivity contribution >= 4 is 12.2 Å². The Labute approximate surface area is 104 Å². The second-order valence-corrected chi connectivity index (χ2v) is 3.53. The molecule has 8 nitrogen and oxygen atoms in total. The molecule has 0 bridgehead atoms. The van der Waals surface area contributed by atoms with Crippen LogP contribution in [0.25, 0.3) is 0 Å². The first kappa shape index (κ1) is 14.0. The van der Waals surface area contributed by atoms with Crippen molar-refractivity contribution < 1.29 is 19.8 Å². The Bertz CT molecular complexity index is 326. The molecule has 0 aliphatic carbocycles. The largest absolute Gasteiger partial charge is 0.465 e. The summed E-state index contributed by atoms with van der Waals surface area (Å²) in [6.45, 7) is 8.04. The zero-order chi connectivity index (χ0) is 13.7. The minimum absolute atomic E-state index is 0.302. The first-order valence-corrected chi connectivity index (χ1v) is 5.28. The van der Waals surface area contributed by atoms with Crippen molar-refractivity contribution in [2.75, 3.05) is 19.6 Å². The number of nitrogens with zero attached hydrogens (tertiary/aromatic N) is 3. The molecule has 0 saturated carbocycles. The van der Waals surface area contributed by atoms with E-state index in [1.165, 1.54) is 5.01 Å². The fourth-order valence-electron chi connectivity index (χ4n) is 1.79. The molecule has 100 valence electrons. The van der Waals surface area contributed by atoms with Crippen molar-refractivity contribution in [1.82, 2.24) is 20.2 Å². The van der Waals surface area contributed by atoms with E-state index in [2.05, 4.69) is 18.5 Å². The van der Waals surface area contributed by atoms with Gasteiger partial charge in [-0.2, -0.15) is 5.01 Å². The molecule has 0 spiro atoms. The number of carboxylic acid groups (broad SMARTS) is 2. The highest BCUT2D eigenvalue weighted by atomic mass is 16.4. The number of carbonyl (C=O) groups is 2. The number of piperazine rings is 1. The van der Waals surface area contributed by atoms with Crippen molar-refractivity contribution in [3.63, 3.8) is 0 Å². The lowest BCUT2D eigenvalue weighted by Crippen LogP contribution is -2.63. The zero-order valence-electron chi connectivity index (χ0n) is 9.82. The van der Waals surface area contributed by atoms with E-state index in [9.17, 15) is 9.59 Å². The molecule has 2 amide bonds. The molecule has 3 N–H and O–H groups in total. The van der Waals surface area contributed by atoms with Gasteiger partial charge in [-0.15, -0.1) is 0 Å². The van der Waals surface area contributed by atoms with Crippen LogP contribution < -0.4 is 5.32 Å². The van der Waals surface area contributed by atoms with Gasteiger partial charge in [-0.1, -0.05) is 13.2 Å². The summed E-state index contributed by atoms with van der Waals surface area (Å²) in [6.07, 6.45) is -0.813. The van der Waals surface area contributed by atoms with Crippen LogP contribution in [0.2, 0.25) is 0 Å². The van der Waals surface area contributed by atoms with Crippen LogP contribution in [0, 0.1) is 0 Å². The highest BCUT2D eigenvalue weighted by molar-refractivity contribution is 5.67. The molecule has 1 saturated heterocycles. The summed E-state index contributed by atoms with van der Waals surface area (Å²) < 4.78 is 0. The third-order valence-electron chi connectivity index (χ3n) is 2.57. The second kappa shape index (κ2) is 6.03. The minimum atomic E-state index is -1.22. The molecule has 8 heteroatoms. The normalized spacial score (nSPS) is 19.9. The molecular formula is C10H16N4O4. The molecule has 1 atom stereocenters. The van der Waals surface area contributed by atoms with Gasteiger partial charge in [0.1, 0.15) is 6.17 Å². The van der Waals surface area contributed by atoms with Gasteiger partial charge in [-0.3, -0.25) is 4.90 Å². The van der Waals surface area contributed by atoms with E-state index in [1.54, 1.807) is 0 Å². The van der Waals surface area contributed by atoms with Gasteiger partial charge in [0.2, 0.25) is 0 Å². The molecule has 1 aliphatic heterocycles. The first-order valence-electron chi connectivity index (χ1n) is 5.28. The number of nitrogens with one attached hydrogen (secondary N) is 1. The van der Waals surface area contributed by atoms with Gasteiger partial charge in [0.05, 0.1) is 0 Å². The van der Waals surface area contributed by atoms with Gasteiger partial charge >= 0.3 is 12.2 Å². The molecule has 1 unspecified atom stereocenters. The van der Waals surface area contributed by atoms with Crippen LogP contribution in [0.15, 0.2) is 25.6 Å². The molecule has 1 fully saturated rings. The topological polar surface area (TPSA) is 96.4 Å². The van der Waals surface area contributed by atoms with Crippen molar-refractivity contribution in [2.45, 2.75) is 6.17 Å². The summed E-state index contributed by atoms with van der Waals surface area (Å²) in [6, 6.07) is 0. The summed E-state index contributed by atoms with van der Waals surface area (Å²) >= 11 is 0. The maximum absolute atomic E-state index is 11.1. The fraction of sp³-hybridized carbons (Fsp3) is 0.400. The Morgan fingerprint density at radius 1 is 1.28 bits per heavy atom. The lowest BCUT2D eigenvalue weighted by Gasteiger charge is -2.43. The fourth-order valence-corrected chi connectivity index (χ4v) is 1.79. The van der Waals surface area contributed by atoms with E-state index >= 15 is 0 Å². The molecular weight excluding hydrogens is 240 g/mol. The lowest BCUT2D eigenvalue weighted by atomic mass is 10.3. The van der Waals surface area contributed by atoms with E-state index < -0.39 is 18.4 Å². The molecule has 1 rings (SSSR count). The monoisotopic (exact) mass is 256 g/mol. The maximum atomic E-state index is 11.1. The van der Waals surface area contributed by atoms with Gasteiger partial charge in [-0.25, -0.2) is 14.6 Å². The van der Waals surface area contributed by atoms with Crippen LogP contribution in [-0.4, -0.2) is 63.1 Å². The van der Waals surface area contributed by atoms with E-state index in [4.69, 9.17) is 10.2 Å². The average molecular weight is 256 g/mol. The molecule has 0 aromatic rings. The molecule has 0 aromatic carbocycles. The third kappa shape index (κ3) is 2.79. The van der Waals surface area contributed by atoms with Gasteiger partial charge in [0.25, 0.3) is 0 Å². The van der Waals surface area contributed by atoms with E-state index in [0.717, 1.165) is 22.3 Å². The summed E-state index contributed by atoms with van der Waals surface area (Å²) in [4.78, 5) is 23.1. The molecule has 0 radical (unpaired) electrons. The molecule has 1 heterocycles. The zero-order valence-corrected chi connectivity index (χ0v) is 9.82. The highest BCUT2D eigenvalue weighted by Gasteiger charge is 2.34. The van der Waals surface area contributed by atoms with Crippen molar-refractivity contribution in [3.05, 3.63) is 25.6 Å². The number of hydrogen-bond donors (Lipinski definition) is 3. The predicted octanol–water partition coefficient (Wildman–Crippen LogP) is 0.380. The van der Waals surface area contributed by atoms with Gasteiger partial charge < -0.3 is 15.5 Å². The smallest absolute Gasteiger partial charge is 0.426 e. The summed E-state index contributed by atoms with van der Waals surface area (Å²) in [5.74, 6) is 0. The summed E-state index contributed by atoms with van der Waals surface area (Å²) in [7, 11) is 0. The van der Waals surface area contributed by atoms with Crippen LogP contribution >= 0.6 is 0 Å². The van der Waals surface area contributed by atoms with Gasteiger partial charge in [-0.05, 0) is 0 Å². The summed E-state index contributed by atoms with van der Waals surface area (Å²) in [5, 5.41) is 23.4. The number of rotatable bonds is 4. The summed E-state index contributed by atoms with van der Waals surface area (Å²) in [5.41, 5.74) is 0. The molecule has 1 aliphatic rings. The SMILES string of the molecule is C=CN(C(=O)O)C1CNCCN1N(C=C)C(=O)O. The quantitative estimate of drug-likeness (QED) is 0.673. The Morgan fingerprint density at radius 3 is 2.39 bits per heavy atom. The Hall–Kier alpha value is -2.06. The van der Waals surface area contributed by atoms with Crippen molar-refractivity contribution in [1.29, 1.82) is 0 Å².